The fourth-order valence-electron chi connectivity index (χ4n) is 3.30. The molecule has 1 atom stereocenters. The zero-order valence-corrected chi connectivity index (χ0v) is 14.2. The highest BCUT2D eigenvalue weighted by Crippen LogP contribution is 2.27. The standard InChI is InChI=1S/C18H22FN3O3/c1-25-15-4-5-16(19)14(9-15)11-21-7-2-3-13(10-21)17-6-8-22(20-17)12-18(23)24/h4-6,8-9,13H,2-3,7,10-12H2,1H3,(H,23,24). The van der Waals surface area contributed by atoms with Crippen molar-refractivity contribution < 1.29 is 19.0 Å². The molecule has 2 aromatic rings. The van der Waals surface area contributed by atoms with Crippen molar-refractivity contribution in [1.82, 2.24) is 14.7 Å². The van der Waals surface area contributed by atoms with Crippen molar-refractivity contribution >= 4 is 5.97 Å². The van der Waals surface area contributed by atoms with E-state index in [1.807, 2.05) is 6.07 Å². The van der Waals surface area contributed by atoms with Crippen LogP contribution in [0.15, 0.2) is 30.5 Å². The van der Waals surface area contributed by atoms with Gasteiger partial charge in [0.05, 0.1) is 12.8 Å². The molecule has 0 saturated carbocycles. The van der Waals surface area contributed by atoms with E-state index in [9.17, 15) is 9.18 Å². The van der Waals surface area contributed by atoms with Gasteiger partial charge in [0.25, 0.3) is 0 Å². The van der Waals surface area contributed by atoms with Crippen molar-refractivity contribution in [3.05, 3.63) is 47.5 Å². The predicted octanol–water partition coefficient (Wildman–Crippen LogP) is 2.50. The number of likely N-dealkylation sites (tertiary alicyclic amines) is 1. The van der Waals surface area contributed by atoms with Crippen LogP contribution in [-0.2, 0) is 17.9 Å². The average molecular weight is 347 g/mol. The second-order valence-corrected chi connectivity index (χ2v) is 6.36. The van der Waals surface area contributed by atoms with Gasteiger partial charge in [0.2, 0.25) is 0 Å². The fourth-order valence-corrected chi connectivity index (χ4v) is 3.30. The number of hydrogen-bond donors (Lipinski definition) is 1. The Kier molecular flexibility index (Phi) is 5.33. The molecule has 134 valence electrons. The minimum atomic E-state index is -0.909. The molecule has 6 nitrogen and oxygen atoms in total. The first kappa shape index (κ1) is 17.4. The summed E-state index contributed by atoms with van der Waals surface area (Å²) in [7, 11) is 1.57. The van der Waals surface area contributed by atoms with Crippen LogP contribution in [0.4, 0.5) is 4.39 Å². The molecule has 7 heteroatoms. The number of methoxy groups -OCH3 is 1. The molecule has 2 heterocycles. The molecule has 25 heavy (non-hydrogen) atoms. The number of hydrogen-bond acceptors (Lipinski definition) is 4. The molecule has 1 aromatic heterocycles. The number of carbonyl (C=O) groups is 1. The highest BCUT2D eigenvalue weighted by molar-refractivity contribution is 5.66. The normalized spacial score (nSPS) is 18.2. The maximum atomic E-state index is 14.1. The van der Waals surface area contributed by atoms with Crippen molar-refractivity contribution in [2.75, 3.05) is 20.2 Å². The minimum Gasteiger partial charge on any atom is -0.497 e. The molecule has 0 radical (unpaired) electrons. The van der Waals surface area contributed by atoms with Gasteiger partial charge in [-0.15, -0.1) is 0 Å². The third-order valence-electron chi connectivity index (χ3n) is 4.53. The number of piperidine rings is 1. The Balaban J connectivity index is 1.67. The Morgan fingerprint density at radius 1 is 1.44 bits per heavy atom. The van der Waals surface area contributed by atoms with Gasteiger partial charge in [-0.3, -0.25) is 14.4 Å². The average Bonchev–Trinajstić information content (AvgIpc) is 3.05. The molecule has 0 spiro atoms. The Morgan fingerprint density at radius 3 is 3.04 bits per heavy atom. The van der Waals surface area contributed by atoms with Crippen molar-refractivity contribution in [2.24, 2.45) is 0 Å². The minimum absolute atomic E-state index is 0.133. The molecule has 1 saturated heterocycles. The lowest BCUT2D eigenvalue weighted by Gasteiger charge is -2.32. The molecule has 0 amide bonds. The number of rotatable bonds is 6. The molecular formula is C18H22FN3O3. The van der Waals surface area contributed by atoms with Crippen LogP contribution in [0, 0.1) is 5.82 Å². The largest absolute Gasteiger partial charge is 0.497 e. The van der Waals surface area contributed by atoms with Gasteiger partial charge in [-0.2, -0.15) is 5.10 Å². The van der Waals surface area contributed by atoms with E-state index in [1.54, 1.807) is 25.4 Å². The third-order valence-corrected chi connectivity index (χ3v) is 4.53. The number of carboxylic acid groups (broad SMARTS) is 1. The van der Waals surface area contributed by atoms with Crippen LogP contribution in [0.5, 0.6) is 5.75 Å². The summed E-state index contributed by atoms with van der Waals surface area (Å²) in [5, 5.41) is 13.2. The number of nitrogens with zero attached hydrogens (tertiary/aromatic N) is 3. The fraction of sp³-hybridized carbons (Fsp3) is 0.444. The van der Waals surface area contributed by atoms with Crippen LogP contribution >= 0.6 is 0 Å². The molecule has 1 aliphatic rings. The second-order valence-electron chi connectivity index (χ2n) is 6.36. The van der Waals surface area contributed by atoms with E-state index in [-0.39, 0.29) is 18.3 Å². The number of ether oxygens (including phenoxy) is 1. The first-order chi connectivity index (χ1) is 12.0. The highest BCUT2D eigenvalue weighted by Gasteiger charge is 2.24. The van der Waals surface area contributed by atoms with Crippen LogP contribution in [0.3, 0.4) is 0 Å². The summed E-state index contributed by atoms with van der Waals surface area (Å²) >= 11 is 0. The van der Waals surface area contributed by atoms with Crippen molar-refractivity contribution in [3.63, 3.8) is 0 Å². The lowest BCUT2D eigenvalue weighted by molar-refractivity contribution is -0.137. The second kappa shape index (κ2) is 7.65. The molecule has 1 aromatic carbocycles. The monoisotopic (exact) mass is 347 g/mol. The smallest absolute Gasteiger partial charge is 0.325 e. The Labute approximate surface area is 145 Å². The molecule has 3 rings (SSSR count). The van der Waals surface area contributed by atoms with Gasteiger partial charge in [0, 0.05) is 30.8 Å². The van der Waals surface area contributed by atoms with E-state index in [2.05, 4.69) is 10.00 Å². The third kappa shape index (κ3) is 4.36. The van der Waals surface area contributed by atoms with Crippen LogP contribution in [0.2, 0.25) is 0 Å². The number of carboxylic acids is 1. The first-order valence-corrected chi connectivity index (χ1v) is 8.35. The van der Waals surface area contributed by atoms with Gasteiger partial charge in [-0.05, 0) is 43.7 Å². The Bertz CT molecular complexity index is 747. The summed E-state index contributed by atoms with van der Waals surface area (Å²) < 4.78 is 20.7. The van der Waals surface area contributed by atoms with E-state index in [4.69, 9.17) is 9.84 Å². The summed E-state index contributed by atoms with van der Waals surface area (Å²) in [6.45, 7) is 2.07. The van der Waals surface area contributed by atoms with Gasteiger partial charge >= 0.3 is 5.97 Å². The van der Waals surface area contributed by atoms with Crippen LogP contribution in [0.1, 0.15) is 30.0 Å². The maximum absolute atomic E-state index is 14.1. The number of aromatic nitrogens is 2. The van der Waals surface area contributed by atoms with E-state index < -0.39 is 5.97 Å². The van der Waals surface area contributed by atoms with Gasteiger partial charge < -0.3 is 9.84 Å². The zero-order chi connectivity index (χ0) is 17.8. The zero-order valence-electron chi connectivity index (χ0n) is 14.2. The predicted molar refractivity (Wildman–Crippen MR) is 90.1 cm³/mol. The van der Waals surface area contributed by atoms with Gasteiger partial charge in [0.15, 0.2) is 0 Å². The van der Waals surface area contributed by atoms with Crippen molar-refractivity contribution in [2.45, 2.75) is 31.8 Å². The van der Waals surface area contributed by atoms with Gasteiger partial charge in [-0.25, -0.2) is 4.39 Å². The van der Waals surface area contributed by atoms with Crippen LogP contribution in [0.25, 0.3) is 0 Å². The molecular weight excluding hydrogens is 325 g/mol. The molecule has 1 unspecified atom stereocenters. The van der Waals surface area contributed by atoms with Crippen molar-refractivity contribution in [1.29, 1.82) is 0 Å². The van der Waals surface area contributed by atoms with E-state index in [0.29, 0.717) is 17.9 Å². The summed E-state index contributed by atoms with van der Waals surface area (Å²) in [5.74, 6) is -0.253. The quantitative estimate of drug-likeness (QED) is 0.870. The summed E-state index contributed by atoms with van der Waals surface area (Å²) in [5.41, 5.74) is 1.52. The number of benzene rings is 1. The number of halogens is 1. The molecule has 1 fully saturated rings. The van der Waals surface area contributed by atoms with Crippen molar-refractivity contribution in [3.8, 4) is 5.75 Å². The lowest BCUT2D eigenvalue weighted by atomic mass is 9.94. The Hall–Kier alpha value is -2.41. The Morgan fingerprint density at radius 2 is 2.28 bits per heavy atom. The maximum Gasteiger partial charge on any atom is 0.325 e. The summed E-state index contributed by atoms with van der Waals surface area (Å²) in [4.78, 5) is 13.0. The highest BCUT2D eigenvalue weighted by atomic mass is 19.1. The van der Waals surface area contributed by atoms with E-state index >= 15 is 0 Å². The van der Waals surface area contributed by atoms with Gasteiger partial charge in [-0.1, -0.05) is 0 Å². The van der Waals surface area contributed by atoms with Crippen LogP contribution in [-0.4, -0.2) is 46.0 Å². The van der Waals surface area contributed by atoms with E-state index in [0.717, 1.165) is 31.6 Å². The summed E-state index contributed by atoms with van der Waals surface area (Å²) in [6, 6.07) is 6.67. The molecule has 1 aliphatic heterocycles. The first-order valence-electron chi connectivity index (χ1n) is 8.35. The molecule has 0 bridgehead atoms. The molecule has 1 N–H and O–H groups in total. The van der Waals surface area contributed by atoms with Gasteiger partial charge in [0.1, 0.15) is 18.1 Å². The summed E-state index contributed by atoms with van der Waals surface area (Å²) in [6.07, 6.45) is 3.70. The molecule has 0 aliphatic carbocycles. The SMILES string of the molecule is COc1ccc(F)c(CN2CCCC(c3ccn(CC(=O)O)n3)C2)c1. The lowest BCUT2D eigenvalue weighted by Crippen LogP contribution is -2.34. The number of aliphatic carboxylic acids is 1. The van der Waals surface area contributed by atoms with E-state index in [1.165, 1.54) is 10.7 Å². The topological polar surface area (TPSA) is 67.6 Å². The van der Waals surface area contributed by atoms with Crippen LogP contribution < -0.4 is 4.74 Å².